The lowest BCUT2D eigenvalue weighted by Crippen LogP contribution is -2.36. The molecular formula is C16H23N3O4S. The fraction of sp³-hybridized carbons (Fsp3) is 0.500. The largest absolute Gasteiger partial charge is 0.315 e. The molecule has 0 aliphatic carbocycles. The SMILES string of the molecule is CCCNCCNS(=O)(=O)CCCN1C(=O)c2ccccc2C1=O. The maximum Gasteiger partial charge on any atom is 0.261 e. The van der Waals surface area contributed by atoms with E-state index in [0.29, 0.717) is 24.2 Å². The quantitative estimate of drug-likeness (QED) is 0.474. The lowest BCUT2D eigenvalue weighted by molar-refractivity contribution is 0.0654. The van der Waals surface area contributed by atoms with Crippen LogP contribution < -0.4 is 10.0 Å². The van der Waals surface area contributed by atoms with Crippen LogP contribution in [-0.2, 0) is 10.0 Å². The van der Waals surface area contributed by atoms with Crippen molar-refractivity contribution in [3.8, 4) is 0 Å². The van der Waals surface area contributed by atoms with Crippen LogP contribution in [0.5, 0.6) is 0 Å². The Morgan fingerprint density at radius 3 is 2.21 bits per heavy atom. The van der Waals surface area contributed by atoms with E-state index in [9.17, 15) is 18.0 Å². The molecule has 0 unspecified atom stereocenters. The molecule has 2 rings (SSSR count). The van der Waals surface area contributed by atoms with Crippen LogP contribution in [0.3, 0.4) is 0 Å². The van der Waals surface area contributed by atoms with Gasteiger partial charge in [0.15, 0.2) is 0 Å². The zero-order chi connectivity index (χ0) is 17.6. The fourth-order valence-corrected chi connectivity index (χ4v) is 3.59. The maximum absolute atomic E-state index is 12.2. The Morgan fingerprint density at radius 2 is 1.62 bits per heavy atom. The lowest BCUT2D eigenvalue weighted by atomic mass is 10.1. The van der Waals surface area contributed by atoms with E-state index in [-0.39, 0.29) is 30.5 Å². The number of hydrogen-bond acceptors (Lipinski definition) is 5. The number of imide groups is 1. The third-order valence-electron chi connectivity index (χ3n) is 3.72. The molecular weight excluding hydrogens is 330 g/mol. The molecule has 8 heteroatoms. The minimum atomic E-state index is -3.40. The summed E-state index contributed by atoms with van der Waals surface area (Å²) < 4.78 is 26.3. The van der Waals surface area contributed by atoms with Gasteiger partial charge in [-0.25, -0.2) is 13.1 Å². The minimum Gasteiger partial charge on any atom is -0.315 e. The fourth-order valence-electron chi connectivity index (χ4n) is 2.52. The molecule has 0 aromatic heterocycles. The second kappa shape index (κ2) is 8.36. The number of hydrogen-bond donors (Lipinski definition) is 2. The Morgan fingerprint density at radius 1 is 1.00 bits per heavy atom. The van der Waals surface area contributed by atoms with Gasteiger partial charge < -0.3 is 5.32 Å². The number of amides is 2. The molecule has 24 heavy (non-hydrogen) atoms. The van der Waals surface area contributed by atoms with Crippen LogP contribution >= 0.6 is 0 Å². The number of fused-ring (bicyclic) bond motifs is 1. The molecule has 0 fully saturated rings. The second-order valence-electron chi connectivity index (χ2n) is 5.62. The third kappa shape index (κ3) is 4.62. The predicted molar refractivity (Wildman–Crippen MR) is 91.4 cm³/mol. The van der Waals surface area contributed by atoms with E-state index in [1.807, 2.05) is 6.92 Å². The molecule has 1 aromatic carbocycles. The first-order valence-corrected chi connectivity index (χ1v) is 9.75. The highest BCUT2D eigenvalue weighted by molar-refractivity contribution is 7.89. The highest BCUT2D eigenvalue weighted by atomic mass is 32.2. The first-order valence-electron chi connectivity index (χ1n) is 8.09. The molecule has 0 bridgehead atoms. The summed E-state index contributed by atoms with van der Waals surface area (Å²) in [6.07, 6.45) is 1.20. The first kappa shape index (κ1) is 18.6. The van der Waals surface area contributed by atoms with E-state index in [2.05, 4.69) is 10.0 Å². The average molecular weight is 353 g/mol. The van der Waals surface area contributed by atoms with Crippen molar-refractivity contribution in [3.05, 3.63) is 35.4 Å². The number of sulfonamides is 1. The van der Waals surface area contributed by atoms with E-state index in [1.54, 1.807) is 24.3 Å². The summed E-state index contributed by atoms with van der Waals surface area (Å²) in [5.74, 6) is -0.830. The van der Waals surface area contributed by atoms with Crippen LogP contribution in [0, 0.1) is 0 Å². The van der Waals surface area contributed by atoms with Crippen molar-refractivity contribution < 1.29 is 18.0 Å². The second-order valence-corrected chi connectivity index (χ2v) is 7.55. The van der Waals surface area contributed by atoms with Gasteiger partial charge >= 0.3 is 0 Å². The zero-order valence-corrected chi connectivity index (χ0v) is 14.6. The minimum absolute atomic E-state index is 0.0986. The van der Waals surface area contributed by atoms with Crippen molar-refractivity contribution >= 4 is 21.8 Å². The number of benzene rings is 1. The summed E-state index contributed by atoms with van der Waals surface area (Å²) >= 11 is 0. The normalized spacial score (nSPS) is 14.3. The molecule has 0 spiro atoms. The van der Waals surface area contributed by atoms with Crippen LogP contribution in [0.1, 0.15) is 40.5 Å². The topological polar surface area (TPSA) is 95.6 Å². The standard InChI is InChI=1S/C16H23N3O4S/c1-2-8-17-9-10-18-24(22,23)12-5-11-19-15(20)13-6-3-4-7-14(13)16(19)21/h3-4,6-7,17-18H,2,5,8-12H2,1H3. The van der Waals surface area contributed by atoms with Gasteiger partial charge in [-0.15, -0.1) is 0 Å². The Hall–Kier alpha value is -1.77. The number of nitrogens with one attached hydrogen (secondary N) is 2. The molecule has 1 aromatic rings. The van der Waals surface area contributed by atoms with Crippen LogP contribution in [0.15, 0.2) is 24.3 Å². The van der Waals surface area contributed by atoms with Gasteiger partial charge in [-0.1, -0.05) is 19.1 Å². The molecule has 0 radical (unpaired) electrons. The number of nitrogens with zero attached hydrogens (tertiary/aromatic N) is 1. The van der Waals surface area contributed by atoms with Crippen molar-refractivity contribution in [1.29, 1.82) is 0 Å². The summed E-state index contributed by atoms with van der Waals surface area (Å²) in [7, 11) is -3.40. The predicted octanol–water partition coefficient (Wildman–Crippen LogP) is 0.592. The van der Waals surface area contributed by atoms with Gasteiger partial charge in [0, 0.05) is 19.6 Å². The van der Waals surface area contributed by atoms with E-state index in [4.69, 9.17) is 0 Å². The molecule has 7 nitrogen and oxygen atoms in total. The van der Waals surface area contributed by atoms with Crippen LogP contribution in [0.4, 0.5) is 0 Å². The molecule has 0 saturated heterocycles. The van der Waals surface area contributed by atoms with E-state index in [0.717, 1.165) is 17.9 Å². The molecule has 132 valence electrons. The highest BCUT2D eigenvalue weighted by Crippen LogP contribution is 2.22. The number of rotatable bonds is 10. The van der Waals surface area contributed by atoms with Gasteiger partial charge in [-0.2, -0.15) is 0 Å². The average Bonchev–Trinajstić information content (AvgIpc) is 2.80. The number of carbonyl (C=O) groups is 2. The van der Waals surface area contributed by atoms with Crippen molar-refractivity contribution in [2.45, 2.75) is 19.8 Å². The Kier molecular flexibility index (Phi) is 6.47. The van der Waals surface area contributed by atoms with Crippen molar-refractivity contribution in [2.75, 3.05) is 31.9 Å². The Bertz CT molecular complexity index is 668. The summed E-state index contributed by atoms with van der Waals surface area (Å²) in [5.41, 5.74) is 0.760. The smallest absolute Gasteiger partial charge is 0.261 e. The summed E-state index contributed by atoms with van der Waals surface area (Å²) in [4.78, 5) is 25.4. The summed E-state index contributed by atoms with van der Waals surface area (Å²) in [6.45, 7) is 3.89. The molecule has 1 aliphatic rings. The van der Waals surface area contributed by atoms with Gasteiger partial charge in [0.05, 0.1) is 16.9 Å². The summed E-state index contributed by atoms with van der Waals surface area (Å²) in [6, 6.07) is 6.62. The molecule has 0 saturated carbocycles. The third-order valence-corrected chi connectivity index (χ3v) is 5.19. The molecule has 1 aliphatic heterocycles. The van der Waals surface area contributed by atoms with Gasteiger partial charge in [0.2, 0.25) is 10.0 Å². The van der Waals surface area contributed by atoms with Crippen LogP contribution in [0.2, 0.25) is 0 Å². The van der Waals surface area contributed by atoms with Crippen LogP contribution in [-0.4, -0.2) is 57.1 Å². The van der Waals surface area contributed by atoms with Gasteiger partial charge in [-0.3, -0.25) is 14.5 Å². The van der Waals surface area contributed by atoms with Crippen molar-refractivity contribution in [1.82, 2.24) is 14.9 Å². The number of carbonyl (C=O) groups excluding carboxylic acids is 2. The highest BCUT2D eigenvalue weighted by Gasteiger charge is 2.34. The van der Waals surface area contributed by atoms with Crippen LogP contribution in [0.25, 0.3) is 0 Å². The van der Waals surface area contributed by atoms with Gasteiger partial charge in [0.25, 0.3) is 11.8 Å². The van der Waals surface area contributed by atoms with Crippen molar-refractivity contribution in [3.63, 3.8) is 0 Å². The maximum atomic E-state index is 12.2. The zero-order valence-electron chi connectivity index (χ0n) is 13.7. The molecule has 2 amide bonds. The van der Waals surface area contributed by atoms with Crippen molar-refractivity contribution in [2.24, 2.45) is 0 Å². The first-order chi connectivity index (χ1) is 11.5. The summed E-state index contributed by atoms with van der Waals surface area (Å²) in [5, 5.41) is 3.11. The molecule has 0 atom stereocenters. The van der Waals surface area contributed by atoms with Gasteiger partial charge in [0.1, 0.15) is 0 Å². The van der Waals surface area contributed by atoms with E-state index in [1.165, 1.54) is 0 Å². The molecule has 1 heterocycles. The lowest BCUT2D eigenvalue weighted by Gasteiger charge is -2.14. The van der Waals surface area contributed by atoms with E-state index < -0.39 is 10.0 Å². The Labute approximate surface area is 142 Å². The van der Waals surface area contributed by atoms with Gasteiger partial charge in [-0.05, 0) is 31.5 Å². The monoisotopic (exact) mass is 353 g/mol. The van der Waals surface area contributed by atoms with E-state index >= 15 is 0 Å². The molecule has 2 N–H and O–H groups in total. The Balaban J connectivity index is 1.78.